The van der Waals surface area contributed by atoms with E-state index >= 15 is 0 Å². The molecule has 0 saturated carbocycles. The predicted molar refractivity (Wildman–Crippen MR) is 265 cm³/mol. The second-order valence-corrected chi connectivity index (χ2v) is 19.3. The Kier molecular flexibility index (Phi) is 26.9. The number of benzene rings is 1. The van der Waals surface area contributed by atoms with Crippen molar-refractivity contribution in [1.29, 1.82) is 0 Å². The molecule has 7 atom stereocenters. The number of nitrogens with one attached hydrogen (secondary N) is 3. The van der Waals surface area contributed by atoms with E-state index in [1.54, 1.807) is 19.2 Å². The molecule has 3 rings (SSSR count). The average Bonchev–Trinajstić information content (AvgIpc) is 3.82. The van der Waals surface area contributed by atoms with E-state index in [0.717, 1.165) is 50.6 Å². The van der Waals surface area contributed by atoms with E-state index in [2.05, 4.69) is 55.5 Å². The number of alkyl carbamates (subject to hydrolysis) is 2. The lowest BCUT2D eigenvalue weighted by Gasteiger charge is -2.40. The summed E-state index contributed by atoms with van der Waals surface area (Å²) < 4.78 is 21.7. The quantitative estimate of drug-likeness (QED) is 0.0604. The summed E-state index contributed by atoms with van der Waals surface area (Å²) in [5.74, 6) is -1.27. The number of likely N-dealkylation sites (tertiary alicyclic amines) is 1. The molecule has 1 aromatic heterocycles. The van der Waals surface area contributed by atoms with Crippen molar-refractivity contribution in [3.8, 4) is 0 Å². The topological polar surface area (TPSA) is 195 Å². The number of hydrogen-bond acceptors (Lipinski definition) is 13. The van der Waals surface area contributed by atoms with Crippen molar-refractivity contribution < 1.29 is 47.7 Å². The SMILES string of the molecule is CCCO[C@H](C[C@H](C(C)C)N(CCC)C(=O)[C@@H](CC(=O)[C@H]1CCCCN1C)[C@@H](C)CC)c1nc(C(=O)N[C@@H](Cc2ccccc2)C[C@H](C)C(=O)CNC(=O)OCCOCCNC(=O)OCC)cs1. The fraction of sp³-hybridized carbons (Fsp3) is 0.706. The van der Waals surface area contributed by atoms with Crippen LogP contribution in [0, 0.1) is 23.7 Å². The van der Waals surface area contributed by atoms with Crippen LogP contribution in [0.15, 0.2) is 35.7 Å². The van der Waals surface area contributed by atoms with Crippen LogP contribution in [0.25, 0.3) is 0 Å². The van der Waals surface area contributed by atoms with Crippen LogP contribution in [0.4, 0.5) is 9.59 Å². The molecule has 0 aliphatic carbocycles. The smallest absolute Gasteiger partial charge is 0.407 e. The van der Waals surface area contributed by atoms with Crippen molar-refractivity contribution in [2.24, 2.45) is 23.7 Å². The van der Waals surface area contributed by atoms with E-state index in [9.17, 15) is 28.8 Å². The number of carbonyl (C=O) groups is 6. The number of ether oxygens (including phenoxy) is 4. The first-order valence-corrected chi connectivity index (χ1v) is 25.9. The summed E-state index contributed by atoms with van der Waals surface area (Å²) in [5, 5.41) is 10.5. The van der Waals surface area contributed by atoms with Crippen LogP contribution in [0.3, 0.4) is 0 Å². The molecule has 16 nitrogen and oxygen atoms in total. The van der Waals surface area contributed by atoms with Crippen LogP contribution in [-0.4, -0.2) is 135 Å². The third-order valence-corrected chi connectivity index (χ3v) is 13.6. The molecule has 4 amide bonds. The van der Waals surface area contributed by atoms with Crippen molar-refractivity contribution in [3.63, 3.8) is 0 Å². The number of amides is 4. The number of piperidine rings is 1. The van der Waals surface area contributed by atoms with Gasteiger partial charge in [0, 0.05) is 61.8 Å². The average molecular weight is 971 g/mol. The molecule has 0 spiro atoms. The minimum Gasteiger partial charge on any atom is -0.450 e. The summed E-state index contributed by atoms with van der Waals surface area (Å²) in [7, 11) is 2.01. The lowest BCUT2D eigenvalue weighted by Crippen LogP contribution is -2.50. The van der Waals surface area contributed by atoms with Crippen LogP contribution in [0.5, 0.6) is 0 Å². The van der Waals surface area contributed by atoms with E-state index in [0.29, 0.717) is 37.4 Å². The van der Waals surface area contributed by atoms with E-state index in [1.165, 1.54) is 11.3 Å². The lowest BCUT2D eigenvalue weighted by molar-refractivity contribution is -0.145. The van der Waals surface area contributed by atoms with Gasteiger partial charge >= 0.3 is 12.2 Å². The number of rotatable bonds is 32. The Balaban J connectivity index is 1.72. The fourth-order valence-electron chi connectivity index (χ4n) is 8.56. The predicted octanol–water partition coefficient (Wildman–Crippen LogP) is 7.80. The van der Waals surface area contributed by atoms with Crippen LogP contribution in [0.1, 0.15) is 140 Å². The maximum atomic E-state index is 14.8. The van der Waals surface area contributed by atoms with E-state index in [-0.39, 0.29) is 98.9 Å². The van der Waals surface area contributed by atoms with Gasteiger partial charge in [-0.05, 0) is 76.4 Å². The zero-order valence-corrected chi connectivity index (χ0v) is 43.2. The lowest BCUT2D eigenvalue weighted by atomic mass is 9.82. The summed E-state index contributed by atoms with van der Waals surface area (Å²) in [6.07, 6.45) is 4.97. The molecule has 0 radical (unpaired) electrons. The molecule has 1 saturated heterocycles. The molecule has 1 aliphatic rings. The van der Waals surface area contributed by atoms with Crippen LogP contribution >= 0.6 is 11.3 Å². The summed E-state index contributed by atoms with van der Waals surface area (Å²) in [5.41, 5.74) is 1.22. The van der Waals surface area contributed by atoms with Gasteiger partial charge in [-0.3, -0.25) is 24.1 Å². The minimum absolute atomic E-state index is 0.0216. The van der Waals surface area contributed by atoms with Crippen LogP contribution < -0.4 is 16.0 Å². The van der Waals surface area contributed by atoms with Gasteiger partial charge in [-0.1, -0.05) is 91.6 Å². The van der Waals surface area contributed by atoms with E-state index < -0.39 is 36.2 Å². The third kappa shape index (κ3) is 19.9. The van der Waals surface area contributed by atoms with Crippen LogP contribution in [-0.2, 0) is 39.8 Å². The summed E-state index contributed by atoms with van der Waals surface area (Å²) in [6, 6.07) is 8.91. The maximum absolute atomic E-state index is 14.8. The van der Waals surface area contributed by atoms with Crippen molar-refractivity contribution in [2.45, 2.75) is 144 Å². The number of hydrogen-bond donors (Lipinski definition) is 3. The number of likely N-dealkylation sites (N-methyl/N-ethyl adjacent to an activating group) is 1. The van der Waals surface area contributed by atoms with Gasteiger partial charge in [0.05, 0.1) is 32.4 Å². The van der Waals surface area contributed by atoms with Gasteiger partial charge in [-0.2, -0.15) is 0 Å². The summed E-state index contributed by atoms with van der Waals surface area (Å²) >= 11 is 1.35. The molecule has 17 heteroatoms. The van der Waals surface area contributed by atoms with Gasteiger partial charge < -0.3 is 39.8 Å². The zero-order chi connectivity index (χ0) is 50.0. The Bertz CT molecular complexity index is 1830. The van der Waals surface area contributed by atoms with Gasteiger partial charge in [-0.15, -0.1) is 11.3 Å². The maximum Gasteiger partial charge on any atom is 0.407 e. The van der Waals surface area contributed by atoms with Gasteiger partial charge in [0.2, 0.25) is 5.91 Å². The zero-order valence-electron chi connectivity index (χ0n) is 42.4. The normalized spacial score (nSPS) is 16.7. The number of carbonyl (C=O) groups excluding carboxylic acids is 6. The van der Waals surface area contributed by atoms with Crippen molar-refractivity contribution in [1.82, 2.24) is 30.7 Å². The third-order valence-electron chi connectivity index (χ3n) is 12.6. The van der Waals surface area contributed by atoms with E-state index in [1.807, 2.05) is 49.2 Å². The van der Waals surface area contributed by atoms with E-state index in [4.69, 9.17) is 23.9 Å². The molecule has 0 unspecified atom stereocenters. The molecule has 1 fully saturated rings. The summed E-state index contributed by atoms with van der Waals surface area (Å²) in [6.45, 7) is 18.4. The largest absolute Gasteiger partial charge is 0.450 e. The van der Waals surface area contributed by atoms with Gasteiger partial charge in [0.25, 0.3) is 5.91 Å². The van der Waals surface area contributed by atoms with Crippen molar-refractivity contribution >= 4 is 46.9 Å². The fourth-order valence-corrected chi connectivity index (χ4v) is 9.42. The summed E-state index contributed by atoms with van der Waals surface area (Å²) in [4.78, 5) is 88.6. The van der Waals surface area contributed by atoms with Gasteiger partial charge in [0.1, 0.15) is 23.4 Å². The second kappa shape index (κ2) is 31.6. The first-order valence-electron chi connectivity index (χ1n) is 25.0. The molecule has 68 heavy (non-hydrogen) atoms. The molecule has 3 N–H and O–H groups in total. The van der Waals surface area contributed by atoms with Gasteiger partial charge in [-0.25, -0.2) is 14.6 Å². The first-order chi connectivity index (χ1) is 32.6. The molecule has 1 aromatic carbocycles. The highest BCUT2D eigenvalue weighted by Gasteiger charge is 2.38. The molecule has 382 valence electrons. The number of ketones is 2. The molecular weight excluding hydrogens is 889 g/mol. The Labute approximate surface area is 409 Å². The highest BCUT2D eigenvalue weighted by atomic mass is 32.1. The Morgan fingerprint density at radius 2 is 1.62 bits per heavy atom. The first kappa shape index (κ1) is 57.9. The number of aromatic nitrogens is 1. The minimum atomic E-state index is -0.761. The molecule has 2 heterocycles. The molecule has 0 bridgehead atoms. The number of nitrogens with zero attached hydrogens (tertiary/aromatic N) is 3. The van der Waals surface area contributed by atoms with Crippen molar-refractivity contribution in [2.75, 3.05) is 66.3 Å². The highest BCUT2D eigenvalue weighted by Crippen LogP contribution is 2.34. The second-order valence-electron chi connectivity index (χ2n) is 18.4. The number of thiazole rings is 1. The number of Topliss-reactive ketones (excluding diaryl/α,β-unsaturated/α-hetero) is 2. The Hall–Kier alpha value is -4.45. The monoisotopic (exact) mass is 971 g/mol. The highest BCUT2D eigenvalue weighted by molar-refractivity contribution is 7.09. The molecular formula is C51H82N6O10S. The Morgan fingerprint density at radius 1 is 0.882 bits per heavy atom. The van der Waals surface area contributed by atoms with Crippen LogP contribution in [0.2, 0.25) is 0 Å². The van der Waals surface area contributed by atoms with Crippen molar-refractivity contribution in [3.05, 3.63) is 52.0 Å². The Morgan fingerprint density at radius 3 is 2.28 bits per heavy atom. The van der Waals surface area contributed by atoms with Gasteiger partial charge in [0.15, 0.2) is 11.6 Å². The molecule has 2 aromatic rings. The molecule has 1 aliphatic heterocycles. The standard InChI is InChI=1S/C51H82N6O10S/c1-10-23-57(49(61)40(36(7)12-3)31-44(58)42-21-17-18-24-56(42)9)43(35(5)6)32-46(66-25-11-2)48-55-41(34-68-48)47(60)54-39(30-38-19-15-14-16-20-38)29-37(8)45(59)33-53-51(63)67-28-27-64-26-22-52-50(62)65-13-4/h14-16,19-20,34-37,39-40,42-43,46H,10-13,17-18,21-33H2,1-9H3,(H,52,62)(H,53,63)(H,54,60)/t36-,37-,39+,40-,42+,43+,46+/m0/s1.